The zero-order chi connectivity index (χ0) is 12.9. The van der Waals surface area contributed by atoms with E-state index in [1.54, 1.807) is 12.1 Å². The number of carbonyl (C=O) groups excluding carboxylic acids is 1. The fraction of sp³-hybridized carbons (Fsp3) is 0.500. The van der Waals surface area contributed by atoms with E-state index in [4.69, 9.17) is 4.74 Å². The van der Waals surface area contributed by atoms with Gasteiger partial charge >= 0.3 is 5.97 Å². The van der Waals surface area contributed by atoms with Crippen LogP contribution in [0.5, 0.6) is 0 Å². The van der Waals surface area contributed by atoms with Crippen molar-refractivity contribution in [3.63, 3.8) is 0 Å². The van der Waals surface area contributed by atoms with Gasteiger partial charge in [0, 0.05) is 6.54 Å². The third-order valence-corrected chi connectivity index (χ3v) is 2.75. The summed E-state index contributed by atoms with van der Waals surface area (Å²) in [7, 11) is 3.95. The van der Waals surface area contributed by atoms with Crippen molar-refractivity contribution in [3.8, 4) is 0 Å². The molecule has 0 bridgehead atoms. The van der Waals surface area contributed by atoms with Crippen molar-refractivity contribution >= 4 is 18.4 Å². The number of halogens is 1. The van der Waals surface area contributed by atoms with Gasteiger partial charge < -0.3 is 9.64 Å². The van der Waals surface area contributed by atoms with E-state index in [0.717, 1.165) is 13.0 Å². The zero-order valence-electron chi connectivity index (χ0n) is 11.5. The maximum absolute atomic E-state index is 12.0. The predicted octanol–water partition coefficient (Wildman–Crippen LogP) is 3.00. The molecule has 0 N–H and O–H groups in total. The van der Waals surface area contributed by atoms with Gasteiger partial charge in [0.05, 0.1) is 5.56 Å². The lowest BCUT2D eigenvalue weighted by Crippen LogP contribution is -2.41. The van der Waals surface area contributed by atoms with Crippen LogP contribution in [0.15, 0.2) is 30.3 Å². The minimum Gasteiger partial charge on any atom is -0.454 e. The predicted molar refractivity (Wildman–Crippen MR) is 76.4 cm³/mol. The van der Waals surface area contributed by atoms with Gasteiger partial charge in [-0.05, 0) is 39.6 Å². The maximum Gasteiger partial charge on any atom is 0.338 e. The van der Waals surface area contributed by atoms with Crippen molar-refractivity contribution in [3.05, 3.63) is 35.9 Å². The Morgan fingerprint density at radius 2 is 1.83 bits per heavy atom. The lowest BCUT2D eigenvalue weighted by atomic mass is 10.0. The van der Waals surface area contributed by atoms with E-state index in [1.165, 1.54) is 0 Å². The summed E-state index contributed by atoms with van der Waals surface area (Å²) in [5, 5.41) is 0. The van der Waals surface area contributed by atoms with Gasteiger partial charge in [-0.25, -0.2) is 4.79 Å². The van der Waals surface area contributed by atoms with Crippen LogP contribution in [-0.4, -0.2) is 37.1 Å². The van der Waals surface area contributed by atoms with Crippen molar-refractivity contribution in [1.29, 1.82) is 0 Å². The first-order chi connectivity index (χ1) is 7.97. The third kappa shape index (κ3) is 5.07. The van der Waals surface area contributed by atoms with Crippen LogP contribution in [0, 0.1) is 0 Å². The highest BCUT2D eigenvalue weighted by Crippen LogP contribution is 2.18. The normalized spacial score (nSPS) is 13.6. The van der Waals surface area contributed by atoms with Crippen LogP contribution in [-0.2, 0) is 4.74 Å². The maximum atomic E-state index is 12.0. The summed E-state index contributed by atoms with van der Waals surface area (Å²) < 4.78 is 5.60. The van der Waals surface area contributed by atoms with Crippen molar-refractivity contribution in [2.75, 3.05) is 20.6 Å². The molecule has 1 rings (SSSR count). The Balaban J connectivity index is 0.00000289. The van der Waals surface area contributed by atoms with Crippen LogP contribution < -0.4 is 0 Å². The van der Waals surface area contributed by atoms with Gasteiger partial charge in [0.15, 0.2) is 0 Å². The quantitative estimate of drug-likeness (QED) is 0.771. The molecule has 0 heterocycles. The minimum absolute atomic E-state index is 0. The third-order valence-electron chi connectivity index (χ3n) is 2.75. The van der Waals surface area contributed by atoms with Crippen molar-refractivity contribution in [2.45, 2.75) is 25.9 Å². The number of esters is 1. The van der Waals surface area contributed by atoms with Gasteiger partial charge in [0.2, 0.25) is 0 Å². The fourth-order valence-electron chi connectivity index (χ4n) is 1.74. The monoisotopic (exact) mass is 271 g/mol. The van der Waals surface area contributed by atoms with E-state index >= 15 is 0 Å². The molecule has 0 aliphatic rings. The number of nitrogens with zero attached hydrogens (tertiary/aromatic N) is 1. The van der Waals surface area contributed by atoms with Crippen LogP contribution in [0.3, 0.4) is 0 Å². The number of rotatable bonds is 5. The van der Waals surface area contributed by atoms with E-state index < -0.39 is 5.60 Å². The van der Waals surface area contributed by atoms with Gasteiger partial charge in [-0.3, -0.25) is 0 Å². The topological polar surface area (TPSA) is 29.5 Å². The summed E-state index contributed by atoms with van der Waals surface area (Å²) in [6.07, 6.45) is 0.795. The molecule has 0 amide bonds. The van der Waals surface area contributed by atoms with Gasteiger partial charge in [-0.1, -0.05) is 25.1 Å². The Morgan fingerprint density at radius 3 is 2.28 bits per heavy atom. The first-order valence-electron chi connectivity index (χ1n) is 5.90. The van der Waals surface area contributed by atoms with Crippen LogP contribution in [0.2, 0.25) is 0 Å². The molecule has 0 saturated heterocycles. The van der Waals surface area contributed by atoms with Gasteiger partial charge in [-0.15, -0.1) is 12.4 Å². The smallest absolute Gasteiger partial charge is 0.338 e. The Kier molecular flexibility index (Phi) is 6.96. The molecule has 0 fully saturated rings. The van der Waals surface area contributed by atoms with Crippen LogP contribution in [0.1, 0.15) is 30.6 Å². The lowest BCUT2D eigenvalue weighted by Gasteiger charge is -2.31. The molecule has 1 unspecified atom stereocenters. The molecule has 1 aromatic carbocycles. The highest BCUT2D eigenvalue weighted by Gasteiger charge is 2.27. The molecule has 3 nitrogen and oxygen atoms in total. The summed E-state index contributed by atoms with van der Waals surface area (Å²) in [4.78, 5) is 14.0. The van der Waals surface area contributed by atoms with Crippen molar-refractivity contribution < 1.29 is 9.53 Å². The lowest BCUT2D eigenvalue weighted by molar-refractivity contribution is -0.0219. The molecule has 0 aliphatic heterocycles. The fourth-order valence-corrected chi connectivity index (χ4v) is 1.74. The molecule has 0 aliphatic carbocycles. The Hall–Kier alpha value is -1.06. The molecule has 0 aromatic heterocycles. The average molecular weight is 272 g/mol. The number of carbonyl (C=O) groups is 1. The first kappa shape index (κ1) is 16.9. The van der Waals surface area contributed by atoms with Crippen molar-refractivity contribution in [1.82, 2.24) is 4.90 Å². The second-order valence-corrected chi connectivity index (χ2v) is 4.80. The SMILES string of the molecule is CCC(C)(CN(C)C)OC(=O)c1ccccc1.Cl. The summed E-state index contributed by atoms with van der Waals surface area (Å²) in [5.74, 6) is -0.253. The molecule has 18 heavy (non-hydrogen) atoms. The highest BCUT2D eigenvalue weighted by molar-refractivity contribution is 5.89. The van der Waals surface area contributed by atoms with Gasteiger partial charge in [0.1, 0.15) is 5.60 Å². The first-order valence-corrected chi connectivity index (χ1v) is 5.90. The largest absolute Gasteiger partial charge is 0.454 e. The molecule has 1 atom stereocenters. The molecule has 102 valence electrons. The average Bonchev–Trinajstić information content (AvgIpc) is 2.29. The standard InChI is InChI=1S/C14H21NO2.ClH/c1-5-14(2,11-15(3)4)17-13(16)12-9-7-6-8-10-12;/h6-10H,5,11H2,1-4H3;1H. The zero-order valence-corrected chi connectivity index (χ0v) is 12.3. The molecule has 0 saturated carbocycles. The van der Waals surface area contributed by atoms with E-state index in [0.29, 0.717) is 5.56 Å². The van der Waals surface area contributed by atoms with Gasteiger partial charge in [0.25, 0.3) is 0 Å². The van der Waals surface area contributed by atoms with E-state index in [-0.39, 0.29) is 18.4 Å². The van der Waals surface area contributed by atoms with Crippen molar-refractivity contribution in [2.24, 2.45) is 0 Å². The molecule has 0 radical (unpaired) electrons. The molecular weight excluding hydrogens is 250 g/mol. The number of hydrogen-bond acceptors (Lipinski definition) is 3. The molecule has 0 spiro atoms. The molecular formula is C14H22ClNO2. The summed E-state index contributed by atoms with van der Waals surface area (Å²) in [6.45, 7) is 4.72. The second-order valence-electron chi connectivity index (χ2n) is 4.80. The number of likely N-dealkylation sites (N-methyl/N-ethyl adjacent to an activating group) is 1. The summed E-state index contributed by atoms with van der Waals surface area (Å²) >= 11 is 0. The Labute approximate surface area is 116 Å². The summed E-state index contributed by atoms with van der Waals surface area (Å²) in [6, 6.07) is 9.11. The Morgan fingerprint density at radius 1 is 1.28 bits per heavy atom. The van der Waals surface area contributed by atoms with E-state index in [2.05, 4.69) is 0 Å². The highest BCUT2D eigenvalue weighted by atomic mass is 35.5. The number of hydrogen-bond donors (Lipinski definition) is 0. The van der Waals surface area contributed by atoms with Gasteiger partial charge in [-0.2, -0.15) is 0 Å². The molecule has 4 heteroatoms. The number of benzene rings is 1. The van der Waals surface area contributed by atoms with E-state index in [9.17, 15) is 4.79 Å². The Bertz CT molecular complexity index is 367. The summed E-state index contributed by atoms with van der Waals surface area (Å²) in [5.41, 5.74) is 0.169. The van der Waals surface area contributed by atoms with Crippen LogP contribution in [0.25, 0.3) is 0 Å². The second kappa shape index (κ2) is 7.39. The number of ether oxygens (including phenoxy) is 1. The van der Waals surface area contributed by atoms with E-state index in [1.807, 2.05) is 51.0 Å². The van der Waals surface area contributed by atoms with Crippen LogP contribution >= 0.6 is 12.4 Å². The molecule has 1 aromatic rings. The minimum atomic E-state index is -0.434. The van der Waals surface area contributed by atoms with Crippen LogP contribution in [0.4, 0.5) is 0 Å².